The molecule has 1 N–H and O–H groups in total. The van der Waals surface area contributed by atoms with Crippen molar-refractivity contribution in [3.63, 3.8) is 0 Å². The second kappa shape index (κ2) is 7.75. The standard InChI is InChI=1S/C21H21ClN4O3/c1-4-6-19-23-20-15-10-17(28-2)18(29-3)11-16(15)25(21(27)26(20)24-19)12-13-7-5-8-14(22)9-13/h5,7-11H,4,6,12H2,1-3H3/p+1. The van der Waals surface area contributed by atoms with Gasteiger partial charge in [0.05, 0.1) is 36.8 Å². The van der Waals surface area contributed by atoms with Crippen LogP contribution in [-0.4, -0.2) is 28.4 Å². The number of nitrogens with zero attached hydrogens (tertiary/aromatic N) is 3. The van der Waals surface area contributed by atoms with Crippen LogP contribution in [0, 0.1) is 0 Å². The third-order valence-electron chi connectivity index (χ3n) is 4.87. The molecule has 8 heteroatoms. The van der Waals surface area contributed by atoms with Crippen molar-refractivity contribution in [2.45, 2.75) is 26.3 Å². The van der Waals surface area contributed by atoms with E-state index in [1.807, 2.05) is 36.4 Å². The highest BCUT2D eigenvalue weighted by molar-refractivity contribution is 6.30. The maximum absolute atomic E-state index is 13.3. The van der Waals surface area contributed by atoms with E-state index < -0.39 is 0 Å². The molecule has 0 aliphatic carbocycles. The molecule has 7 nitrogen and oxygen atoms in total. The van der Waals surface area contributed by atoms with Gasteiger partial charge >= 0.3 is 5.69 Å². The number of rotatable bonds is 6. The van der Waals surface area contributed by atoms with Crippen molar-refractivity contribution < 1.29 is 14.5 Å². The molecule has 0 radical (unpaired) electrons. The number of hydrogen-bond acceptors (Lipinski definition) is 4. The molecule has 0 aliphatic rings. The van der Waals surface area contributed by atoms with Crippen LogP contribution in [0.4, 0.5) is 0 Å². The first-order valence-corrected chi connectivity index (χ1v) is 9.77. The fourth-order valence-electron chi connectivity index (χ4n) is 3.52. The molecule has 0 fully saturated rings. The molecule has 0 unspecified atom stereocenters. The SMILES string of the molecule is CCCc1nn2c(=O)n(Cc3cccc(Cl)c3)c3cc(OC)c(OC)cc3c2[nH+]1. The summed E-state index contributed by atoms with van der Waals surface area (Å²) < 4.78 is 14.0. The Hall–Kier alpha value is -3.06. The summed E-state index contributed by atoms with van der Waals surface area (Å²) in [6, 6.07) is 11.2. The van der Waals surface area contributed by atoms with E-state index in [1.165, 1.54) is 4.52 Å². The Balaban J connectivity index is 2.05. The van der Waals surface area contributed by atoms with Crippen molar-refractivity contribution in [1.29, 1.82) is 0 Å². The molecule has 0 spiro atoms. The van der Waals surface area contributed by atoms with Crippen molar-refractivity contribution in [3.8, 4) is 11.5 Å². The number of ether oxygens (including phenoxy) is 2. The van der Waals surface area contributed by atoms with Crippen LogP contribution in [-0.2, 0) is 13.0 Å². The minimum Gasteiger partial charge on any atom is -0.493 e. The van der Waals surface area contributed by atoms with Gasteiger partial charge in [-0.3, -0.25) is 4.57 Å². The Labute approximate surface area is 172 Å². The number of aromatic nitrogens is 4. The summed E-state index contributed by atoms with van der Waals surface area (Å²) in [6.07, 6.45) is 1.68. The summed E-state index contributed by atoms with van der Waals surface area (Å²) in [6.45, 7) is 2.42. The lowest BCUT2D eigenvalue weighted by Crippen LogP contribution is -2.29. The number of H-pyrrole nitrogens is 1. The fraction of sp³-hybridized carbons (Fsp3) is 0.286. The number of nitrogens with one attached hydrogen (secondary N) is 1. The van der Waals surface area contributed by atoms with Crippen LogP contribution in [0.5, 0.6) is 11.5 Å². The second-order valence-corrected chi connectivity index (χ2v) is 7.24. The van der Waals surface area contributed by atoms with Crippen LogP contribution < -0.4 is 20.1 Å². The maximum atomic E-state index is 13.3. The molecule has 2 aromatic heterocycles. The third-order valence-corrected chi connectivity index (χ3v) is 5.11. The van der Waals surface area contributed by atoms with Gasteiger partial charge in [-0.25, -0.2) is 9.78 Å². The zero-order valence-electron chi connectivity index (χ0n) is 16.5. The fourth-order valence-corrected chi connectivity index (χ4v) is 3.74. The monoisotopic (exact) mass is 413 g/mol. The zero-order chi connectivity index (χ0) is 20.5. The maximum Gasteiger partial charge on any atom is 0.423 e. The van der Waals surface area contributed by atoms with E-state index in [4.69, 9.17) is 21.1 Å². The summed E-state index contributed by atoms with van der Waals surface area (Å²) in [4.78, 5) is 16.6. The molecular weight excluding hydrogens is 392 g/mol. The number of halogens is 1. The lowest BCUT2D eigenvalue weighted by atomic mass is 10.1. The van der Waals surface area contributed by atoms with Crippen molar-refractivity contribution in [1.82, 2.24) is 14.2 Å². The lowest BCUT2D eigenvalue weighted by molar-refractivity contribution is -0.358. The number of aromatic amines is 1. The Morgan fingerprint density at radius 3 is 2.59 bits per heavy atom. The Morgan fingerprint density at radius 1 is 1.14 bits per heavy atom. The molecule has 4 aromatic rings. The minimum absolute atomic E-state index is 0.238. The zero-order valence-corrected chi connectivity index (χ0v) is 17.3. The van der Waals surface area contributed by atoms with Gasteiger partial charge in [0.1, 0.15) is 0 Å². The lowest BCUT2D eigenvalue weighted by Gasteiger charge is -2.13. The van der Waals surface area contributed by atoms with Gasteiger partial charge < -0.3 is 9.47 Å². The van der Waals surface area contributed by atoms with E-state index in [1.54, 1.807) is 18.8 Å². The molecule has 150 valence electrons. The van der Waals surface area contributed by atoms with Crippen molar-refractivity contribution in [3.05, 3.63) is 63.3 Å². The minimum atomic E-state index is -0.238. The topological polar surface area (TPSA) is 71.9 Å². The van der Waals surface area contributed by atoms with Crippen molar-refractivity contribution in [2.24, 2.45) is 0 Å². The van der Waals surface area contributed by atoms with Crippen LogP contribution in [0.2, 0.25) is 5.02 Å². The van der Waals surface area contributed by atoms with Gasteiger partial charge in [-0.2, -0.15) is 0 Å². The first-order valence-electron chi connectivity index (χ1n) is 9.39. The van der Waals surface area contributed by atoms with Crippen LogP contribution in [0.25, 0.3) is 16.6 Å². The molecule has 2 heterocycles. The molecule has 0 saturated heterocycles. The second-order valence-electron chi connectivity index (χ2n) is 6.81. The average Bonchev–Trinajstić information content (AvgIpc) is 3.14. The molecule has 4 rings (SSSR count). The van der Waals surface area contributed by atoms with Gasteiger partial charge in [0, 0.05) is 23.6 Å². The van der Waals surface area contributed by atoms with Gasteiger partial charge in [-0.1, -0.05) is 30.7 Å². The van der Waals surface area contributed by atoms with Crippen LogP contribution in [0.3, 0.4) is 0 Å². The molecule has 0 amide bonds. The number of aryl methyl sites for hydroxylation is 1. The number of benzene rings is 2. The van der Waals surface area contributed by atoms with Crippen LogP contribution in [0.15, 0.2) is 41.2 Å². The van der Waals surface area contributed by atoms with Crippen molar-refractivity contribution in [2.75, 3.05) is 14.2 Å². The van der Waals surface area contributed by atoms with E-state index in [-0.39, 0.29) is 5.69 Å². The Bertz CT molecular complexity index is 1260. The average molecular weight is 414 g/mol. The molecule has 0 saturated carbocycles. The summed E-state index contributed by atoms with van der Waals surface area (Å²) >= 11 is 6.14. The van der Waals surface area contributed by atoms with E-state index in [0.29, 0.717) is 28.7 Å². The quantitative estimate of drug-likeness (QED) is 0.487. The Morgan fingerprint density at radius 2 is 1.90 bits per heavy atom. The summed E-state index contributed by atoms with van der Waals surface area (Å²) in [5.74, 6) is 1.90. The van der Waals surface area contributed by atoms with E-state index >= 15 is 0 Å². The summed E-state index contributed by atoms with van der Waals surface area (Å²) in [7, 11) is 3.16. The van der Waals surface area contributed by atoms with E-state index in [9.17, 15) is 4.79 Å². The van der Waals surface area contributed by atoms with Gasteiger partial charge in [-0.15, -0.1) is 0 Å². The van der Waals surface area contributed by atoms with Crippen LogP contribution >= 0.6 is 11.6 Å². The van der Waals surface area contributed by atoms with E-state index in [2.05, 4.69) is 17.0 Å². The highest BCUT2D eigenvalue weighted by Crippen LogP contribution is 2.32. The van der Waals surface area contributed by atoms with Gasteiger partial charge in [0.15, 0.2) is 11.5 Å². The van der Waals surface area contributed by atoms with Gasteiger partial charge in [0.2, 0.25) is 0 Å². The van der Waals surface area contributed by atoms with Crippen molar-refractivity contribution >= 4 is 28.2 Å². The van der Waals surface area contributed by atoms with Crippen LogP contribution in [0.1, 0.15) is 24.7 Å². The normalized spacial score (nSPS) is 11.3. The molecule has 0 bridgehead atoms. The molecule has 2 aromatic carbocycles. The van der Waals surface area contributed by atoms with E-state index in [0.717, 1.165) is 35.1 Å². The first kappa shape index (κ1) is 19.3. The summed E-state index contributed by atoms with van der Waals surface area (Å²) in [5.41, 5.74) is 2.04. The highest BCUT2D eigenvalue weighted by Gasteiger charge is 2.23. The summed E-state index contributed by atoms with van der Waals surface area (Å²) in [5, 5.41) is 5.94. The Kier molecular flexibility index (Phi) is 5.15. The number of methoxy groups -OCH3 is 2. The molecule has 0 atom stereocenters. The van der Waals surface area contributed by atoms with Gasteiger partial charge in [0.25, 0.3) is 11.5 Å². The van der Waals surface area contributed by atoms with Gasteiger partial charge in [-0.05, 0) is 28.6 Å². The smallest absolute Gasteiger partial charge is 0.423 e. The molecule has 29 heavy (non-hydrogen) atoms. The molecular formula is C21H22ClN4O3+. The highest BCUT2D eigenvalue weighted by atomic mass is 35.5. The predicted octanol–water partition coefficient (Wildman–Crippen LogP) is 3.13. The molecule has 0 aliphatic heterocycles. The number of fused-ring (bicyclic) bond motifs is 3. The predicted molar refractivity (Wildman–Crippen MR) is 111 cm³/mol. The number of hydrogen-bond donors (Lipinski definition) is 0. The largest absolute Gasteiger partial charge is 0.493 e. The third kappa shape index (κ3) is 3.42. The first-order chi connectivity index (χ1) is 14.0.